The molecule has 0 saturated carbocycles. The maximum Gasteiger partial charge on any atom is 0 e. The average molecular weight is 447 g/mol. The van der Waals surface area contributed by atoms with Gasteiger partial charge in [-0.3, -0.25) is 0 Å². The van der Waals surface area contributed by atoms with Crippen molar-refractivity contribution < 1.29 is 16.5 Å². The van der Waals surface area contributed by atoms with Gasteiger partial charge in [0.15, 0.2) is 0 Å². The molecule has 0 aliphatic rings. The average Bonchev–Trinajstić information content (AvgIpc) is 2.81. The molecule has 0 aliphatic carbocycles. The van der Waals surface area contributed by atoms with Crippen LogP contribution in [-0.2, 0) is 16.5 Å². The van der Waals surface area contributed by atoms with E-state index in [4.69, 9.17) is 0 Å². The van der Waals surface area contributed by atoms with E-state index in [1.165, 1.54) is 37.8 Å². The third-order valence-electron chi connectivity index (χ3n) is 5.25. The van der Waals surface area contributed by atoms with Gasteiger partial charge in [-0.2, -0.15) is 0 Å². The van der Waals surface area contributed by atoms with E-state index in [0.717, 1.165) is 0 Å². The first kappa shape index (κ1) is 20.6. The zero-order valence-corrected chi connectivity index (χ0v) is 18.3. The summed E-state index contributed by atoms with van der Waals surface area (Å²) < 4.78 is 0. The van der Waals surface area contributed by atoms with Gasteiger partial charge in [0, 0.05) is 16.5 Å². The van der Waals surface area contributed by atoms with Crippen LogP contribution in [0.5, 0.6) is 0 Å². The Hall–Kier alpha value is -2.72. The van der Waals surface area contributed by atoms with Gasteiger partial charge >= 0.3 is 0 Å². The Balaban J connectivity index is 0.00000218. The number of rotatable bonds is 4. The molecule has 5 aromatic carbocycles. The topological polar surface area (TPSA) is 0 Å². The molecule has 0 nitrogen and oxygen atoms in total. The molecule has 0 radical (unpaired) electrons. The van der Waals surface area contributed by atoms with Gasteiger partial charge in [-0.25, -0.2) is 0 Å². The Bertz CT molecular complexity index is 1200. The molecule has 148 valence electrons. The van der Waals surface area contributed by atoms with E-state index in [-0.39, 0.29) is 16.5 Å². The molecular weight excluding hydrogens is 426 g/mol. The minimum absolute atomic E-state index is 0. The molecule has 0 spiro atoms. The minimum Gasteiger partial charge on any atom is -0.0622 e. The summed E-state index contributed by atoms with van der Waals surface area (Å²) in [6.07, 6.45) is 0. The van der Waals surface area contributed by atoms with E-state index in [1.54, 1.807) is 0 Å². The summed E-state index contributed by atoms with van der Waals surface area (Å²) in [6, 6.07) is 46.0. The van der Waals surface area contributed by atoms with E-state index in [0.29, 0.717) is 0 Å². The third-order valence-corrected chi connectivity index (χ3v) is 7.75. The summed E-state index contributed by atoms with van der Waals surface area (Å²) in [5.41, 5.74) is 2.63. The number of benzene rings is 5. The quantitative estimate of drug-likeness (QED) is 0.225. The van der Waals surface area contributed by atoms with Gasteiger partial charge in [0.25, 0.3) is 0 Å². The van der Waals surface area contributed by atoms with Gasteiger partial charge in [-0.15, -0.1) is 0 Å². The summed E-state index contributed by atoms with van der Waals surface area (Å²) in [6.45, 7) is 0. The molecule has 0 saturated heterocycles. The number of hydrogen-bond donors (Lipinski definition) is 0. The first-order chi connectivity index (χ1) is 14.4. The van der Waals surface area contributed by atoms with Crippen LogP contribution in [0.15, 0.2) is 127 Å². The van der Waals surface area contributed by atoms with Crippen LogP contribution in [0.25, 0.3) is 21.9 Å². The Labute approximate surface area is 189 Å². The summed E-state index contributed by atoms with van der Waals surface area (Å²) in [5.74, 6) is 0. The van der Waals surface area contributed by atoms with Crippen molar-refractivity contribution in [1.82, 2.24) is 0 Å². The van der Waals surface area contributed by atoms with Gasteiger partial charge in [0.1, 0.15) is 0 Å². The zero-order chi connectivity index (χ0) is 19.5. The molecule has 2 heteroatoms. The fourth-order valence-electron chi connectivity index (χ4n) is 3.94. The third kappa shape index (κ3) is 3.97. The summed E-state index contributed by atoms with van der Waals surface area (Å²) >= 11 is 0. The molecule has 0 atom stereocenters. The van der Waals surface area contributed by atoms with Crippen LogP contribution in [-0.4, -0.2) is 0 Å². The Kier molecular flexibility index (Phi) is 6.44. The van der Waals surface area contributed by atoms with Crippen molar-refractivity contribution in [3.63, 3.8) is 0 Å². The molecule has 5 rings (SSSR count). The monoisotopic (exact) mass is 446 g/mol. The molecule has 5 aromatic rings. The second-order valence-corrected chi connectivity index (χ2v) is 9.24. The molecule has 0 heterocycles. The number of fused-ring (bicyclic) bond motifs is 1. The van der Waals surface area contributed by atoms with Crippen molar-refractivity contribution >= 4 is 34.6 Å². The van der Waals surface area contributed by atoms with Crippen molar-refractivity contribution in [2.75, 3.05) is 0 Å². The standard InChI is InChI=1S/C28H21P.Ni/c1-3-14-23(15-4-1)29(24-16-5-2-6-17-24)28-21-10-9-19-27(28)26-20-11-13-22-12-7-8-18-25(22)26;/h1-21H;. The van der Waals surface area contributed by atoms with Crippen LogP contribution in [0.1, 0.15) is 0 Å². The Morgan fingerprint density at radius 1 is 0.400 bits per heavy atom. The molecule has 0 amide bonds. The van der Waals surface area contributed by atoms with Crippen LogP contribution in [0.2, 0.25) is 0 Å². The van der Waals surface area contributed by atoms with E-state index >= 15 is 0 Å². The summed E-state index contributed by atoms with van der Waals surface area (Å²) in [7, 11) is -0.646. The minimum atomic E-state index is -0.646. The van der Waals surface area contributed by atoms with Crippen molar-refractivity contribution in [3.8, 4) is 11.1 Å². The molecular formula is C28H21NiP. The largest absolute Gasteiger partial charge is 0.0622 e. The zero-order valence-electron chi connectivity index (χ0n) is 16.4. The summed E-state index contributed by atoms with van der Waals surface area (Å²) in [5, 5.41) is 6.74. The van der Waals surface area contributed by atoms with Gasteiger partial charge < -0.3 is 0 Å². The first-order valence-corrected chi connectivity index (χ1v) is 11.2. The van der Waals surface area contributed by atoms with Crippen molar-refractivity contribution in [2.24, 2.45) is 0 Å². The smallest absolute Gasteiger partial charge is 0 e. The molecule has 0 fully saturated rings. The second-order valence-electron chi connectivity index (χ2n) is 7.05. The van der Waals surface area contributed by atoms with E-state index in [2.05, 4.69) is 127 Å². The Morgan fingerprint density at radius 3 is 1.60 bits per heavy atom. The van der Waals surface area contributed by atoms with Crippen LogP contribution < -0.4 is 15.9 Å². The molecule has 0 bridgehead atoms. The molecule has 0 aromatic heterocycles. The van der Waals surface area contributed by atoms with Crippen molar-refractivity contribution in [3.05, 3.63) is 127 Å². The van der Waals surface area contributed by atoms with E-state index in [9.17, 15) is 0 Å². The summed E-state index contributed by atoms with van der Waals surface area (Å²) in [4.78, 5) is 0. The molecule has 0 aliphatic heterocycles. The van der Waals surface area contributed by atoms with Gasteiger partial charge in [-0.1, -0.05) is 127 Å². The van der Waals surface area contributed by atoms with Gasteiger partial charge in [-0.05, 0) is 45.7 Å². The predicted molar refractivity (Wildman–Crippen MR) is 128 cm³/mol. The second kappa shape index (κ2) is 9.40. The fourth-order valence-corrected chi connectivity index (χ4v) is 6.40. The maximum absolute atomic E-state index is 2.31. The normalized spacial score (nSPS) is 10.7. The van der Waals surface area contributed by atoms with E-state index < -0.39 is 7.92 Å². The Morgan fingerprint density at radius 2 is 0.900 bits per heavy atom. The van der Waals surface area contributed by atoms with Crippen molar-refractivity contribution in [2.45, 2.75) is 0 Å². The first-order valence-electron chi connectivity index (χ1n) is 9.89. The van der Waals surface area contributed by atoms with Gasteiger partial charge in [0.05, 0.1) is 0 Å². The van der Waals surface area contributed by atoms with Crippen LogP contribution in [0, 0.1) is 0 Å². The molecule has 0 N–H and O–H groups in total. The molecule has 0 unspecified atom stereocenters. The molecule has 30 heavy (non-hydrogen) atoms. The van der Waals surface area contributed by atoms with Crippen LogP contribution in [0.3, 0.4) is 0 Å². The van der Waals surface area contributed by atoms with Crippen LogP contribution >= 0.6 is 7.92 Å². The van der Waals surface area contributed by atoms with E-state index in [1.807, 2.05) is 0 Å². The predicted octanol–water partition coefficient (Wildman–Crippen LogP) is 6.26. The van der Waals surface area contributed by atoms with Crippen LogP contribution in [0.4, 0.5) is 0 Å². The van der Waals surface area contributed by atoms with Crippen molar-refractivity contribution in [1.29, 1.82) is 0 Å². The maximum atomic E-state index is 2.31. The van der Waals surface area contributed by atoms with Gasteiger partial charge in [0.2, 0.25) is 0 Å². The number of hydrogen-bond acceptors (Lipinski definition) is 0. The fraction of sp³-hybridized carbons (Fsp3) is 0. The SMILES string of the molecule is [Ni].c1ccc(P(c2ccccc2)c2ccccc2-c2cccc3ccccc23)cc1.